The maximum absolute atomic E-state index is 11.6. The monoisotopic (exact) mass is 455 g/mol. The zero-order valence-electron chi connectivity index (χ0n) is 16.6. The van der Waals surface area contributed by atoms with Crippen molar-refractivity contribution in [3.8, 4) is 11.5 Å². The molecular formula is C23H19Cl2N3O3. The molecule has 6 nitrogen and oxygen atoms in total. The van der Waals surface area contributed by atoms with E-state index in [1.807, 2.05) is 31.2 Å². The molecule has 4 aromatic rings. The van der Waals surface area contributed by atoms with E-state index in [0.717, 1.165) is 22.2 Å². The van der Waals surface area contributed by atoms with Gasteiger partial charge in [0.05, 0.1) is 11.0 Å². The molecule has 3 N–H and O–H groups in total. The quantitative estimate of drug-likeness (QED) is 0.388. The number of halogens is 2. The Morgan fingerprint density at radius 3 is 2.58 bits per heavy atom. The van der Waals surface area contributed by atoms with Gasteiger partial charge in [-0.2, -0.15) is 0 Å². The van der Waals surface area contributed by atoms with Crippen LogP contribution in [0.15, 0.2) is 54.6 Å². The number of nitrogens with two attached hydrogens (primary N) is 1. The Balaban J connectivity index is 1.54. The number of aryl methyl sites for hydroxylation is 1. The van der Waals surface area contributed by atoms with Crippen LogP contribution in [0.25, 0.3) is 11.0 Å². The number of hydrogen-bond acceptors (Lipinski definition) is 4. The fourth-order valence-electron chi connectivity index (χ4n) is 3.07. The van der Waals surface area contributed by atoms with Gasteiger partial charge in [-0.1, -0.05) is 35.3 Å². The van der Waals surface area contributed by atoms with Gasteiger partial charge in [0.15, 0.2) is 11.5 Å². The number of fused-ring (bicyclic) bond motifs is 1. The highest BCUT2D eigenvalue weighted by atomic mass is 35.5. The fraction of sp³-hybridized carbons (Fsp3) is 0.130. The molecule has 0 radical (unpaired) electrons. The number of nitrogens with zero attached hydrogens (tertiary/aromatic N) is 1. The Morgan fingerprint density at radius 2 is 1.81 bits per heavy atom. The van der Waals surface area contributed by atoms with Crippen molar-refractivity contribution < 1.29 is 14.3 Å². The van der Waals surface area contributed by atoms with Crippen molar-refractivity contribution in [2.45, 2.75) is 20.1 Å². The normalized spacial score (nSPS) is 10.9. The SMILES string of the molecule is Cc1ccc(COc2cc(C(N)=O)ccc2OCc2nc3ccc(Cl)cc3[nH]2)c(Cl)c1. The van der Waals surface area contributed by atoms with Crippen molar-refractivity contribution in [1.29, 1.82) is 0 Å². The summed E-state index contributed by atoms with van der Waals surface area (Å²) in [6, 6.07) is 15.9. The maximum Gasteiger partial charge on any atom is 0.248 e. The lowest BCUT2D eigenvalue weighted by Gasteiger charge is -2.14. The number of nitrogens with one attached hydrogen (secondary N) is 1. The van der Waals surface area contributed by atoms with Crippen molar-refractivity contribution in [2.24, 2.45) is 5.73 Å². The van der Waals surface area contributed by atoms with E-state index in [4.69, 9.17) is 38.4 Å². The highest BCUT2D eigenvalue weighted by molar-refractivity contribution is 6.31. The second kappa shape index (κ2) is 8.88. The van der Waals surface area contributed by atoms with E-state index in [-0.39, 0.29) is 13.2 Å². The van der Waals surface area contributed by atoms with Gasteiger partial charge >= 0.3 is 0 Å². The van der Waals surface area contributed by atoms with Crippen molar-refractivity contribution in [3.63, 3.8) is 0 Å². The number of ether oxygens (including phenoxy) is 2. The predicted octanol–water partition coefficient (Wildman–Crippen LogP) is 5.44. The van der Waals surface area contributed by atoms with Crippen LogP contribution in [0.5, 0.6) is 11.5 Å². The van der Waals surface area contributed by atoms with Crippen LogP contribution < -0.4 is 15.2 Å². The first kappa shape index (κ1) is 21.0. The van der Waals surface area contributed by atoms with Gasteiger partial charge in [-0.3, -0.25) is 4.79 Å². The minimum atomic E-state index is -0.557. The highest BCUT2D eigenvalue weighted by Gasteiger charge is 2.13. The van der Waals surface area contributed by atoms with E-state index in [0.29, 0.717) is 32.9 Å². The second-order valence-corrected chi connectivity index (χ2v) is 7.89. The lowest BCUT2D eigenvalue weighted by Crippen LogP contribution is -2.11. The second-order valence-electron chi connectivity index (χ2n) is 7.04. The third-order valence-corrected chi connectivity index (χ3v) is 5.26. The Morgan fingerprint density at radius 1 is 1.00 bits per heavy atom. The summed E-state index contributed by atoms with van der Waals surface area (Å²) in [6.45, 7) is 2.34. The molecule has 0 fully saturated rings. The summed E-state index contributed by atoms with van der Waals surface area (Å²) in [7, 11) is 0. The Hall–Kier alpha value is -3.22. The maximum atomic E-state index is 11.6. The van der Waals surface area contributed by atoms with Crippen molar-refractivity contribution in [1.82, 2.24) is 9.97 Å². The number of benzene rings is 3. The zero-order valence-corrected chi connectivity index (χ0v) is 18.1. The van der Waals surface area contributed by atoms with Crippen molar-refractivity contribution >= 4 is 40.1 Å². The van der Waals surface area contributed by atoms with Gasteiger partial charge in [0.2, 0.25) is 5.91 Å². The number of imidazole rings is 1. The van der Waals surface area contributed by atoms with Crippen LogP contribution in [0, 0.1) is 6.92 Å². The number of hydrogen-bond donors (Lipinski definition) is 2. The number of H-pyrrole nitrogens is 1. The molecule has 0 aliphatic carbocycles. The third-order valence-electron chi connectivity index (χ3n) is 4.68. The third kappa shape index (κ3) is 4.93. The van der Waals surface area contributed by atoms with E-state index in [9.17, 15) is 4.79 Å². The molecule has 0 saturated carbocycles. The number of primary amides is 1. The van der Waals surface area contributed by atoms with Gasteiger partial charge in [-0.15, -0.1) is 0 Å². The van der Waals surface area contributed by atoms with E-state index in [2.05, 4.69) is 9.97 Å². The molecule has 1 amide bonds. The molecule has 0 atom stereocenters. The lowest BCUT2D eigenvalue weighted by molar-refractivity contribution is 0.0999. The van der Waals surface area contributed by atoms with Gasteiger partial charge < -0.3 is 20.2 Å². The molecule has 1 aromatic heterocycles. The van der Waals surface area contributed by atoms with Crippen LogP contribution in [0.2, 0.25) is 10.0 Å². The molecule has 31 heavy (non-hydrogen) atoms. The zero-order chi connectivity index (χ0) is 22.0. The van der Waals surface area contributed by atoms with Crippen molar-refractivity contribution in [2.75, 3.05) is 0 Å². The van der Waals surface area contributed by atoms with Crippen LogP contribution in [0.1, 0.15) is 27.3 Å². The molecule has 0 spiro atoms. The molecule has 3 aromatic carbocycles. The predicted molar refractivity (Wildman–Crippen MR) is 121 cm³/mol. The Bertz CT molecular complexity index is 1270. The molecule has 1 heterocycles. The van der Waals surface area contributed by atoms with Crippen LogP contribution in [0.3, 0.4) is 0 Å². The van der Waals surface area contributed by atoms with Crippen LogP contribution >= 0.6 is 23.2 Å². The smallest absolute Gasteiger partial charge is 0.248 e. The largest absolute Gasteiger partial charge is 0.485 e. The van der Waals surface area contributed by atoms with Gasteiger partial charge in [0.1, 0.15) is 19.0 Å². The molecule has 0 bridgehead atoms. The summed E-state index contributed by atoms with van der Waals surface area (Å²) in [5, 5.41) is 1.23. The molecule has 0 saturated heterocycles. The van der Waals surface area contributed by atoms with Crippen LogP contribution in [-0.2, 0) is 13.2 Å². The molecule has 4 rings (SSSR count). The summed E-state index contributed by atoms with van der Waals surface area (Å²) in [4.78, 5) is 19.3. The van der Waals surface area contributed by atoms with Crippen LogP contribution in [0.4, 0.5) is 0 Å². The Kier molecular flexibility index (Phi) is 6.02. The van der Waals surface area contributed by atoms with Gasteiger partial charge in [-0.05, 0) is 55.0 Å². The first-order chi connectivity index (χ1) is 14.9. The fourth-order valence-corrected chi connectivity index (χ4v) is 3.53. The lowest BCUT2D eigenvalue weighted by atomic mass is 10.1. The van der Waals surface area contributed by atoms with Crippen molar-refractivity contribution in [3.05, 3.63) is 87.2 Å². The van der Waals surface area contributed by atoms with E-state index >= 15 is 0 Å². The summed E-state index contributed by atoms with van der Waals surface area (Å²) in [6.07, 6.45) is 0. The first-order valence-corrected chi connectivity index (χ1v) is 10.2. The number of rotatable bonds is 7. The first-order valence-electron chi connectivity index (χ1n) is 9.47. The number of amides is 1. The summed E-state index contributed by atoms with van der Waals surface area (Å²) >= 11 is 12.3. The number of aromatic amines is 1. The minimum absolute atomic E-state index is 0.171. The molecule has 0 unspecified atom stereocenters. The molecule has 0 aliphatic rings. The average molecular weight is 456 g/mol. The summed E-state index contributed by atoms with van der Waals surface area (Å²) in [5.41, 5.74) is 9.22. The Labute approximate surface area is 188 Å². The molecule has 158 valence electrons. The average Bonchev–Trinajstić information content (AvgIpc) is 3.13. The standard InChI is InChI=1S/C23H19Cl2N3O3/c1-13-2-3-15(17(25)8-13)11-30-21-9-14(23(26)29)4-7-20(21)31-12-22-27-18-6-5-16(24)10-19(18)28-22/h2-10H,11-12H2,1H3,(H2,26,29)(H,27,28). The van der Waals surface area contributed by atoms with E-state index < -0.39 is 5.91 Å². The molecule has 8 heteroatoms. The van der Waals surface area contributed by atoms with Gasteiger partial charge in [0, 0.05) is 21.2 Å². The molecule has 0 aliphatic heterocycles. The van der Waals surface area contributed by atoms with E-state index in [1.54, 1.807) is 30.3 Å². The topological polar surface area (TPSA) is 90.2 Å². The highest BCUT2D eigenvalue weighted by Crippen LogP contribution is 2.31. The number of carbonyl (C=O) groups is 1. The van der Waals surface area contributed by atoms with Gasteiger partial charge in [0.25, 0.3) is 0 Å². The van der Waals surface area contributed by atoms with Gasteiger partial charge in [-0.25, -0.2) is 4.98 Å². The summed E-state index contributed by atoms with van der Waals surface area (Å²) in [5.74, 6) is 0.904. The number of aromatic nitrogens is 2. The minimum Gasteiger partial charge on any atom is -0.485 e. The summed E-state index contributed by atoms with van der Waals surface area (Å²) < 4.78 is 11.9. The van der Waals surface area contributed by atoms with E-state index in [1.165, 1.54) is 0 Å². The molecular weight excluding hydrogens is 437 g/mol. The number of carbonyl (C=O) groups excluding carboxylic acids is 1. The van der Waals surface area contributed by atoms with Crippen LogP contribution in [-0.4, -0.2) is 15.9 Å².